The average Bonchev–Trinajstić information content (AvgIpc) is 2.78. The number of nitrogens with zero attached hydrogens (tertiary/aromatic N) is 3. The highest BCUT2D eigenvalue weighted by Crippen LogP contribution is 2.35. The third-order valence-corrected chi connectivity index (χ3v) is 6.06. The van der Waals surface area contributed by atoms with Crippen molar-refractivity contribution in [3.63, 3.8) is 0 Å². The second kappa shape index (κ2) is 9.56. The first-order valence-corrected chi connectivity index (χ1v) is 11.1. The Hall–Kier alpha value is -2.80. The van der Waals surface area contributed by atoms with Gasteiger partial charge in [0.25, 0.3) is 5.56 Å². The first-order chi connectivity index (χ1) is 15.0. The fourth-order valence-electron chi connectivity index (χ4n) is 4.25. The molecule has 2 aromatic heterocycles. The highest BCUT2D eigenvalue weighted by atomic mass is 19.1. The second-order valence-corrected chi connectivity index (χ2v) is 8.39. The molecule has 1 saturated carbocycles. The van der Waals surface area contributed by atoms with Gasteiger partial charge in [0.1, 0.15) is 5.82 Å². The number of hydrogen-bond donors (Lipinski definition) is 2. The molecule has 0 unspecified atom stereocenters. The van der Waals surface area contributed by atoms with Crippen molar-refractivity contribution in [2.75, 3.05) is 11.9 Å². The van der Waals surface area contributed by atoms with Crippen LogP contribution in [0.1, 0.15) is 62.5 Å². The Kier molecular flexibility index (Phi) is 6.61. The molecule has 7 heteroatoms. The van der Waals surface area contributed by atoms with Crippen LogP contribution in [-0.2, 0) is 6.54 Å². The molecule has 2 N–H and O–H groups in total. The van der Waals surface area contributed by atoms with Gasteiger partial charge in [-0.3, -0.25) is 4.79 Å². The number of nitrogens with one attached hydrogen (secondary N) is 1. The van der Waals surface area contributed by atoms with Gasteiger partial charge in [0, 0.05) is 18.9 Å². The molecule has 0 aliphatic heterocycles. The lowest BCUT2D eigenvalue weighted by molar-refractivity contribution is 0.122. The predicted octanol–water partition coefficient (Wildman–Crippen LogP) is 4.21. The van der Waals surface area contributed by atoms with E-state index >= 15 is 0 Å². The summed E-state index contributed by atoms with van der Waals surface area (Å²) in [6.07, 6.45) is 8.56. The molecule has 0 amide bonds. The molecular formula is C24H29FN4O2. The molecule has 31 heavy (non-hydrogen) atoms. The summed E-state index contributed by atoms with van der Waals surface area (Å²) >= 11 is 0. The maximum absolute atomic E-state index is 13.3. The molecule has 0 saturated heterocycles. The minimum absolute atomic E-state index is 0.154. The van der Waals surface area contributed by atoms with Gasteiger partial charge in [0.2, 0.25) is 5.95 Å². The number of pyridine rings is 1. The van der Waals surface area contributed by atoms with Gasteiger partial charge in [-0.15, -0.1) is 0 Å². The van der Waals surface area contributed by atoms with Crippen molar-refractivity contribution in [2.24, 2.45) is 0 Å². The van der Waals surface area contributed by atoms with E-state index in [1.165, 1.54) is 12.1 Å². The number of anilines is 1. The molecule has 0 radical (unpaired) electrons. The van der Waals surface area contributed by atoms with Crippen molar-refractivity contribution in [3.8, 4) is 0 Å². The number of unbranched alkanes of at least 4 members (excludes halogenated alkanes) is 1. The normalized spacial score (nSPS) is 18.9. The van der Waals surface area contributed by atoms with Crippen LogP contribution in [0.2, 0.25) is 0 Å². The van der Waals surface area contributed by atoms with Crippen LogP contribution < -0.4 is 10.9 Å². The third-order valence-electron chi connectivity index (χ3n) is 6.06. The van der Waals surface area contributed by atoms with E-state index < -0.39 is 0 Å². The summed E-state index contributed by atoms with van der Waals surface area (Å²) < 4.78 is 15.0. The Labute approximate surface area is 181 Å². The highest BCUT2D eigenvalue weighted by Gasteiger charge is 2.25. The smallest absolute Gasteiger partial charge is 0.261 e. The Morgan fingerprint density at radius 2 is 1.94 bits per heavy atom. The third kappa shape index (κ3) is 4.93. The lowest BCUT2D eigenvalue weighted by atomic mass is 9.82. The zero-order valence-corrected chi connectivity index (χ0v) is 17.9. The van der Waals surface area contributed by atoms with E-state index in [4.69, 9.17) is 4.98 Å². The van der Waals surface area contributed by atoms with Crippen LogP contribution >= 0.6 is 0 Å². The number of aliphatic hydroxyl groups excluding tert-OH is 1. The molecule has 1 fully saturated rings. The van der Waals surface area contributed by atoms with E-state index in [1.54, 1.807) is 22.9 Å². The Morgan fingerprint density at radius 3 is 2.65 bits per heavy atom. The number of fused-ring (bicyclic) bond motifs is 1. The van der Waals surface area contributed by atoms with Gasteiger partial charge in [-0.1, -0.05) is 25.5 Å². The zero-order chi connectivity index (χ0) is 21.8. The molecule has 4 rings (SSSR count). The fourth-order valence-corrected chi connectivity index (χ4v) is 4.25. The van der Waals surface area contributed by atoms with Crippen molar-refractivity contribution in [2.45, 2.75) is 64.0 Å². The molecule has 1 aromatic carbocycles. The molecular weight excluding hydrogens is 395 g/mol. The fraction of sp³-hybridized carbons (Fsp3) is 0.458. The van der Waals surface area contributed by atoms with Gasteiger partial charge in [-0.25, -0.2) is 14.4 Å². The predicted molar refractivity (Wildman–Crippen MR) is 120 cm³/mol. The second-order valence-electron chi connectivity index (χ2n) is 8.39. The number of aliphatic hydroxyl groups is 1. The van der Waals surface area contributed by atoms with Gasteiger partial charge >= 0.3 is 0 Å². The van der Waals surface area contributed by atoms with E-state index in [9.17, 15) is 14.3 Å². The van der Waals surface area contributed by atoms with Crippen LogP contribution in [-0.4, -0.2) is 32.3 Å². The quantitative estimate of drug-likeness (QED) is 0.556. The van der Waals surface area contributed by atoms with Crippen molar-refractivity contribution in [1.29, 1.82) is 0 Å². The molecule has 3 aromatic rings. The van der Waals surface area contributed by atoms with Gasteiger partial charge in [0.05, 0.1) is 23.6 Å². The molecule has 0 atom stereocenters. The van der Waals surface area contributed by atoms with Crippen LogP contribution in [0.3, 0.4) is 0 Å². The highest BCUT2D eigenvalue weighted by molar-refractivity contribution is 5.81. The zero-order valence-electron chi connectivity index (χ0n) is 17.9. The molecule has 164 valence electrons. The minimum atomic E-state index is -0.299. The standard InChI is InChI=1S/C24H29FN4O2/c1-2-3-12-26-24-27-13-20-22(28-24)21(17-6-10-19(30)11-7-17)15-29(23(20)31)14-16-4-8-18(25)9-5-16/h4-5,8-9,13,15,17,19,30H,2-3,6-7,10-12,14H2,1H3,(H,26,27,28)/t17-,19-. The number of rotatable bonds is 7. The number of hydrogen-bond acceptors (Lipinski definition) is 5. The van der Waals surface area contributed by atoms with Gasteiger partial charge < -0.3 is 15.0 Å². The van der Waals surface area contributed by atoms with Gasteiger partial charge in [-0.2, -0.15) is 0 Å². The summed E-state index contributed by atoms with van der Waals surface area (Å²) in [6, 6.07) is 6.20. The van der Waals surface area contributed by atoms with Gasteiger partial charge in [0.15, 0.2) is 0 Å². The summed E-state index contributed by atoms with van der Waals surface area (Å²) in [5, 5.41) is 13.7. The average molecular weight is 425 g/mol. The minimum Gasteiger partial charge on any atom is -0.393 e. The van der Waals surface area contributed by atoms with E-state index in [-0.39, 0.29) is 23.4 Å². The molecule has 2 heterocycles. The Bertz CT molecular complexity index is 1090. The van der Waals surface area contributed by atoms with Crippen LogP contribution in [0.15, 0.2) is 41.5 Å². The summed E-state index contributed by atoms with van der Waals surface area (Å²) in [6.45, 7) is 3.27. The summed E-state index contributed by atoms with van der Waals surface area (Å²) in [5.41, 5.74) is 2.41. The summed E-state index contributed by atoms with van der Waals surface area (Å²) in [5.74, 6) is 0.464. The lowest BCUT2D eigenvalue weighted by Crippen LogP contribution is -2.25. The number of benzene rings is 1. The maximum atomic E-state index is 13.3. The van der Waals surface area contributed by atoms with E-state index in [0.717, 1.165) is 56.2 Å². The molecule has 1 aliphatic rings. The first-order valence-electron chi connectivity index (χ1n) is 11.1. The van der Waals surface area contributed by atoms with Crippen LogP contribution in [0, 0.1) is 5.82 Å². The molecule has 6 nitrogen and oxygen atoms in total. The topological polar surface area (TPSA) is 80.0 Å². The van der Waals surface area contributed by atoms with Crippen LogP contribution in [0.5, 0.6) is 0 Å². The number of aromatic nitrogens is 3. The van der Waals surface area contributed by atoms with Crippen molar-refractivity contribution < 1.29 is 9.50 Å². The number of halogens is 1. The lowest BCUT2D eigenvalue weighted by Gasteiger charge is -2.27. The largest absolute Gasteiger partial charge is 0.393 e. The van der Waals surface area contributed by atoms with E-state index in [1.807, 2.05) is 6.20 Å². The van der Waals surface area contributed by atoms with E-state index in [0.29, 0.717) is 23.4 Å². The van der Waals surface area contributed by atoms with E-state index in [2.05, 4.69) is 17.2 Å². The molecule has 0 bridgehead atoms. The van der Waals surface area contributed by atoms with Crippen LogP contribution in [0.4, 0.5) is 10.3 Å². The first kappa shape index (κ1) is 21.4. The monoisotopic (exact) mass is 424 g/mol. The van der Waals surface area contributed by atoms with Crippen molar-refractivity contribution in [3.05, 3.63) is 64.0 Å². The molecule has 1 aliphatic carbocycles. The van der Waals surface area contributed by atoms with Crippen molar-refractivity contribution in [1.82, 2.24) is 14.5 Å². The SMILES string of the molecule is CCCCNc1ncc2c(=O)n(Cc3ccc(F)cc3)cc([C@H]3CC[C@H](O)CC3)c2n1. The Balaban J connectivity index is 1.76. The maximum Gasteiger partial charge on any atom is 0.261 e. The van der Waals surface area contributed by atoms with Crippen LogP contribution in [0.25, 0.3) is 10.9 Å². The summed E-state index contributed by atoms with van der Waals surface area (Å²) in [4.78, 5) is 22.3. The molecule has 0 spiro atoms. The van der Waals surface area contributed by atoms with Crippen molar-refractivity contribution >= 4 is 16.9 Å². The van der Waals surface area contributed by atoms with Gasteiger partial charge in [-0.05, 0) is 61.3 Å². The Morgan fingerprint density at radius 1 is 1.19 bits per heavy atom. The summed E-state index contributed by atoms with van der Waals surface area (Å²) in [7, 11) is 0.